The van der Waals surface area contributed by atoms with E-state index in [-0.39, 0.29) is 16.8 Å². The van der Waals surface area contributed by atoms with Gasteiger partial charge in [-0.25, -0.2) is 0 Å². The lowest BCUT2D eigenvalue weighted by Crippen LogP contribution is -2.62. The monoisotopic (exact) mass is 448 g/mol. The number of rotatable bonds is 4. The predicted molar refractivity (Wildman–Crippen MR) is 136 cm³/mol. The van der Waals surface area contributed by atoms with Crippen LogP contribution < -0.4 is 15.1 Å². The van der Waals surface area contributed by atoms with E-state index in [1.165, 1.54) is 0 Å². The molecule has 3 heterocycles. The van der Waals surface area contributed by atoms with Gasteiger partial charge in [-0.1, -0.05) is 0 Å². The van der Waals surface area contributed by atoms with Crippen LogP contribution in [0.1, 0.15) is 46.2 Å². The van der Waals surface area contributed by atoms with Crippen molar-refractivity contribution in [3.8, 4) is 17.0 Å². The molecule has 1 aliphatic rings. The highest BCUT2D eigenvalue weighted by atomic mass is 16.3. The van der Waals surface area contributed by atoms with Crippen LogP contribution in [0.3, 0.4) is 0 Å². The molecule has 2 aromatic heterocycles. The molecule has 0 aliphatic carbocycles. The van der Waals surface area contributed by atoms with E-state index < -0.39 is 0 Å². The lowest BCUT2D eigenvalue weighted by molar-refractivity contribution is 0.160. The third-order valence-electron chi connectivity index (χ3n) is 6.53. The Bertz CT molecular complexity index is 1150. The van der Waals surface area contributed by atoms with E-state index >= 15 is 0 Å². The number of anilines is 2. The predicted octanol–water partition coefficient (Wildman–Crippen LogP) is 4.52. The third kappa shape index (κ3) is 4.60. The Balaban J connectivity index is 1.71. The van der Waals surface area contributed by atoms with Crippen LogP contribution in [-0.2, 0) is 0 Å². The van der Waals surface area contributed by atoms with Gasteiger partial charge in [-0.3, -0.25) is 4.98 Å². The fourth-order valence-corrected chi connectivity index (χ4v) is 5.39. The van der Waals surface area contributed by atoms with Crippen molar-refractivity contribution < 1.29 is 5.11 Å². The minimum Gasteiger partial charge on any atom is -0.507 e. The standard InChI is InChI=1S/C26H36N6O/c1-16-13-20(31(6)7)18-9-11-21(33)23(24(18)27-16)19-10-12-22(29-28-19)32(8)17-14-25(2,3)30-26(4,5)15-17/h9-13,17,30,33H,14-15H2,1-8H3. The van der Waals surface area contributed by atoms with Crippen LogP contribution in [0.25, 0.3) is 22.2 Å². The Morgan fingerprint density at radius 2 is 1.64 bits per heavy atom. The van der Waals surface area contributed by atoms with Gasteiger partial charge in [0.15, 0.2) is 5.82 Å². The largest absolute Gasteiger partial charge is 0.507 e. The van der Waals surface area contributed by atoms with E-state index in [1.807, 2.05) is 39.2 Å². The zero-order valence-electron chi connectivity index (χ0n) is 21.1. The van der Waals surface area contributed by atoms with Crippen molar-refractivity contribution in [2.45, 2.75) is 64.6 Å². The first-order chi connectivity index (χ1) is 15.4. The quantitative estimate of drug-likeness (QED) is 0.608. The van der Waals surface area contributed by atoms with Gasteiger partial charge < -0.3 is 20.2 Å². The zero-order chi connectivity index (χ0) is 24.1. The molecule has 0 saturated carbocycles. The van der Waals surface area contributed by atoms with E-state index in [2.05, 4.69) is 66.1 Å². The molecule has 0 radical (unpaired) electrons. The molecule has 176 valence electrons. The summed E-state index contributed by atoms with van der Waals surface area (Å²) < 4.78 is 0. The molecule has 7 heteroatoms. The van der Waals surface area contributed by atoms with Gasteiger partial charge in [-0.15, -0.1) is 10.2 Å². The molecule has 1 fully saturated rings. The molecule has 0 unspecified atom stereocenters. The van der Waals surface area contributed by atoms with Crippen molar-refractivity contribution in [1.29, 1.82) is 0 Å². The molecule has 0 atom stereocenters. The molecule has 1 saturated heterocycles. The zero-order valence-corrected chi connectivity index (χ0v) is 21.1. The van der Waals surface area contributed by atoms with E-state index in [0.717, 1.165) is 40.9 Å². The number of piperidine rings is 1. The summed E-state index contributed by atoms with van der Waals surface area (Å²) in [6, 6.07) is 9.95. The second kappa shape index (κ2) is 8.13. The molecule has 1 aromatic carbocycles. The fraction of sp³-hybridized carbons (Fsp3) is 0.500. The smallest absolute Gasteiger partial charge is 0.151 e. The van der Waals surface area contributed by atoms with Crippen molar-refractivity contribution in [3.05, 3.63) is 36.0 Å². The number of nitrogens with one attached hydrogen (secondary N) is 1. The number of aryl methyl sites for hydroxylation is 1. The summed E-state index contributed by atoms with van der Waals surface area (Å²) in [4.78, 5) is 9.04. The topological polar surface area (TPSA) is 77.4 Å². The molecule has 1 aliphatic heterocycles. The number of phenolic OH excluding ortho intramolecular Hbond substituents is 1. The van der Waals surface area contributed by atoms with Gasteiger partial charge in [-0.2, -0.15) is 0 Å². The summed E-state index contributed by atoms with van der Waals surface area (Å²) in [5.41, 5.74) is 4.01. The number of phenols is 1. The van der Waals surface area contributed by atoms with Crippen LogP contribution in [0.5, 0.6) is 5.75 Å². The van der Waals surface area contributed by atoms with Crippen LogP contribution in [0, 0.1) is 6.92 Å². The Labute approximate surface area is 196 Å². The van der Waals surface area contributed by atoms with Crippen molar-refractivity contribution >= 4 is 22.4 Å². The maximum Gasteiger partial charge on any atom is 0.151 e. The number of hydrogen-bond donors (Lipinski definition) is 2. The van der Waals surface area contributed by atoms with Crippen LogP contribution in [-0.4, -0.2) is 58.6 Å². The lowest BCUT2D eigenvalue weighted by Gasteiger charge is -2.49. The summed E-state index contributed by atoms with van der Waals surface area (Å²) in [5, 5.41) is 24.5. The van der Waals surface area contributed by atoms with Crippen LogP contribution in [0.2, 0.25) is 0 Å². The maximum absolute atomic E-state index is 10.7. The average Bonchev–Trinajstić information content (AvgIpc) is 2.70. The van der Waals surface area contributed by atoms with Crippen LogP contribution in [0.4, 0.5) is 11.5 Å². The van der Waals surface area contributed by atoms with Crippen LogP contribution >= 0.6 is 0 Å². The minimum absolute atomic E-state index is 0.0520. The first-order valence-corrected chi connectivity index (χ1v) is 11.5. The number of hydrogen-bond acceptors (Lipinski definition) is 7. The highest BCUT2D eigenvalue weighted by Gasteiger charge is 2.39. The normalized spacial score (nSPS) is 17.8. The van der Waals surface area contributed by atoms with Crippen molar-refractivity contribution in [1.82, 2.24) is 20.5 Å². The highest BCUT2D eigenvalue weighted by molar-refractivity contribution is 6.02. The van der Waals surface area contributed by atoms with Crippen LogP contribution in [0.15, 0.2) is 30.3 Å². The fourth-order valence-electron chi connectivity index (χ4n) is 5.39. The molecule has 0 bridgehead atoms. The molecule has 0 spiro atoms. The van der Waals surface area contributed by atoms with Gasteiger partial charge in [0.05, 0.1) is 16.8 Å². The molecular weight excluding hydrogens is 412 g/mol. The first-order valence-electron chi connectivity index (χ1n) is 11.5. The molecule has 4 rings (SSSR count). The van der Waals surface area contributed by atoms with Gasteiger partial charge >= 0.3 is 0 Å². The molecule has 0 amide bonds. The lowest BCUT2D eigenvalue weighted by atomic mass is 9.79. The molecule has 3 aromatic rings. The summed E-state index contributed by atoms with van der Waals surface area (Å²) in [7, 11) is 6.11. The number of aromatic hydroxyl groups is 1. The number of aromatic nitrogens is 3. The highest BCUT2D eigenvalue weighted by Crippen LogP contribution is 2.38. The molecular formula is C26H36N6O. The van der Waals surface area contributed by atoms with E-state index in [0.29, 0.717) is 17.3 Å². The van der Waals surface area contributed by atoms with Gasteiger partial charge in [0, 0.05) is 55.0 Å². The van der Waals surface area contributed by atoms with Gasteiger partial charge in [-0.05, 0) is 77.8 Å². The second-order valence-corrected chi connectivity index (χ2v) is 10.9. The average molecular weight is 449 g/mol. The van der Waals surface area contributed by atoms with Crippen molar-refractivity contribution in [2.75, 3.05) is 30.9 Å². The maximum atomic E-state index is 10.7. The Morgan fingerprint density at radius 3 is 2.21 bits per heavy atom. The van der Waals surface area contributed by atoms with Gasteiger partial charge in [0.1, 0.15) is 5.75 Å². The van der Waals surface area contributed by atoms with Gasteiger partial charge in [0.25, 0.3) is 0 Å². The van der Waals surface area contributed by atoms with E-state index in [4.69, 9.17) is 4.98 Å². The van der Waals surface area contributed by atoms with E-state index in [1.54, 1.807) is 6.07 Å². The summed E-state index contributed by atoms with van der Waals surface area (Å²) in [5.74, 6) is 0.984. The number of fused-ring (bicyclic) bond motifs is 1. The molecule has 2 N–H and O–H groups in total. The van der Waals surface area contributed by atoms with Crippen molar-refractivity contribution in [3.63, 3.8) is 0 Å². The Kier molecular flexibility index (Phi) is 5.73. The summed E-state index contributed by atoms with van der Waals surface area (Å²) >= 11 is 0. The second-order valence-electron chi connectivity index (χ2n) is 10.9. The van der Waals surface area contributed by atoms with Gasteiger partial charge in [0.2, 0.25) is 0 Å². The third-order valence-corrected chi connectivity index (χ3v) is 6.53. The number of nitrogens with zero attached hydrogens (tertiary/aromatic N) is 5. The van der Waals surface area contributed by atoms with E-state index in [9.17, 15) is 5.11 Å². The molecule has 33 heavy (non-hydrogen) atoms. The Morgan fingerprint density at radius 1 is 0.970 bits per heavy atom. The minimum atomic E-state index is 0.0520. The summed E-state index contributed by atoms with van der Waals surface area (Å²) in [6.07, 6.45) is 2.05. The Hall–Kier alpha value is -2.93. The van der Waals surface area contributed by atoms with Crippen molar-refractivity contribution in [2.24, 2.45) is 0 Å². The number of benzene rings is 1. The summed E-state index contributed by atoms with van der Waals surface area (Å²) in [6.45, 7) is 11.0. The first kappa shape index (κ1) is 23.2. The number of pyridine rings is 1. The SMILES string of the molecule is Cc1cc(N(C)C)c2ccc(O)c(-c3ccc(N(C)C4CC(C)(C)NC(C)(C)C4)nn3)c2n1. The molecule has 7 nitrogen and oxygen atoms in total.